The molecule has 0 aromatic rings. The van der Waals surface area contributed by atoms with Crippen LogP contribution in [0, 0.1) is 0 Å². The van der Waals surface area contributed by atoms with Crippen molar-refractivity contribution in [1.29, 1.82) is 0 Å². The number of hydrogen-bond donors (Lipinski definition) is 1. The van der Waals surface area contributed by atoms with E-state index in [0.717, 1.165) is 12.8 Å². The minimum atomic E-state index is -2.39. The third-order valence-electron chi connectivity index (χ3n) is 2.81. The molecule has 1 unspecified atom stereocenters. The number of carbonyl (C=O) groups excluding carboxylic acids is 1. The maximum Gasteiger partial charge on any atom is 0.410 e. The minimum Gasteiger partial charge on any atom is -0.444 e. The number of rotatable bonds is 6. The van der Waals surface area contributed by atoms with Crippen LogP contribution >= 0.6 is 0 Å². The maximum atomic E-state index is 12.3. The smallest absolute Gasteiger partial charge is 0.410 e. The number of nitrogens with one attached hydrogen (secondary N) is 1. The monoisotopic (exact) mass is 278 g/mol. The summed E-state index contributed by atoms with van der Waals surface area (Å²) in [6.07, 6.45) is -0.829. The lowest BCUT2D eigenvalue weighted by atomic mass is 10.2. The first-order valence-electron chi connectivity index (χ1n) is 6.72. The summed E-state index contributed by atoms with van der Waals surface area (Å²) in [5.74, 6) is 0. The number of amides is 1. The van der Waals surface area contributed by atoms with E-state index in [1.165, 1.54) is 6.92 Å². The lowest BCUT2D eigenvalue weighted by molar-refractivity contribution is 0.0230. The summed E-state index contributed by atoms with van der Waals surface area (Å²) in [6.45, 7) is 7.62. The molecule has 0 aliphatic heterocycles. The van der Waals surface area contributed by atoms with Gasteiger partial charge in [0.25, 0.3) is 6.43 Å². The molecule has 0 aromatic carbocycles. The molecule has 4 nitrogen and oxygen atoms in total. The Bertz CT molecular complexity index is 302. The molecule has 0 heterocycles. The lowest BCUT2D eigenvalue weighted by Gasteiger charge is -2.28. The van der Waals surface area contributed by atoms with Gasteiger partial charge in [0.05, 0.1) is 6.04 Å². The van der Waals surface area contributed by atoms with Crippen molar-refractivity contribution < 1.29 is 18.3 Å². The Morgan fingerprint density at radius 2 is 2.00 bits per heavy atom. The Morgan fingerprint density at radius 3 is 2.42 bits per heavy atom. The van der Waals surface area contributed by atoms with Crippen LogP contribution in [0.4, 0.5) is 13.6 Å². The predicted octanol–water partition coefficient (Wildman–Crippen LogP) is 2.63. The molecule has 1 aliphatic rings. The van der Waals surface area contributed by atoms with Crippen LogP contribution in [0.5, 0.6) is 0 Å². The second-order valence-corrected chi connectivity index (χ2v) is 5.98. The first-order valence-corrected chi connectivity index (χ1v) is 6.72. The number of carbonyl (C=O) groups is 1. The first kappa shape index (κ1) is 16.1. The highest BCUT2D eigenvalue weighted by Gasteiger charge is 2.34. The average Bonchev–Trinajstić information content (AvgIpc) is 3.04. The first-order chi connectivity index (χ1) is 8.70. The summed E-state index contributed by atoms with van der Waals surface area (Å²) in [7, 11) is 0. The van der Waals surface area contributed by atoms with Crippen LogP contribution in [0.3, 0.4) is 0 Å². The molecular formula is C13H24F2N2O2. The number of halogens is 2. The number of ether oxygens (including phenoxy) is 1. The Balaban J connectivity index is 2.39. The summed E-state index contributed by atoms with van der Waals surface area (Å²) in [6, 6.07) is -0.654. The maximum absolute atomic E-state index is 12.3. The zero-order chi connectivity index (χ0) is 14.6. The summed E-state index contributed by atoms with van der Waals surface area (Å²) in [5.41, 5.74) is -0.534. The van der Waals surface area contributed by atoms with Crippen LogP contribution in [-0.2, 0) is 4.74 Å². The molecule has 112 valence electrons. The Kier molecular flexibility index (Phi) is 5.52. The average molecular weight is 278 g/mol. The van der Waals surface area contributed by atoms with Crippen molar-refractivity contribution in [2.45, 2.75) is 64.6 Å². The van der Waals surface area contributed by atoms with Crippen LogP contribution in [-0.4, -0.2) is 48.2 Å². The molecule has 19 heavy (non-hydrogen) atoms. The minimum absolute atomic E-state index is 0.207. The van der Waals surface area contributed by atoms with Gasteiger partial charge in [0, 0.05) is 19.1 Å². The molecule has 1 atom stereocenters. The van der Waals surface area contributed by atoms with Crippen molar-refractivity contribution in [3.63, 3.8) is 0 Å². The molecule has 1 fully saturated rings. The molecule has 1 rings (SSSR count). The highest BCUT2D eigenvalue weighted by Crippen LogP contribution is 2.28. The van der Waals surface area contributed by atoms with Crippen LogP contribution in [0.2, 0.25) is 0 Å². The molecule has 0 bridgehead atoms. The van der Waals surface area contributed by atoms with Crippen LogP contribution in [0.1, 0.15) is 40.5 Å². The van der Waals surface area contributed by atoms with Gasteiger partial charge >= 0.3 is 6.09 Å². The van der Waals surface area contributed by atoms with E-state index in [2.05, 4.69) is 5.32 Å². The van der Waals surface area contributed by atoms with E-state index in [1.54, 1.807) is 4.90 Å². The van der Waals surface area contributed by atoms with Crippen molar-refractivity contribution in [3.8, 4) is 0 Å². The van der Waals surface area contributed by atoms with Gasteiger partial charge < -0.3 is 15.0 Å². The number of nitrogens with zero attached hydrogens (tertiary/aromatic N) is 1. The normalized spacial score (nSPS) is 17.4. The molecular weight excluding hydrogens is 254 g/mol. The van der Waals surface area contributed by atoms with Gasteiger partial charge in [-0.1, -0.05) is 0 Å². The van der Waals surface area contributed by atoms with E-state index in [9.17, 15) is 13.6 Å². The SMILES string of the molecule is CC(NCCN(C(=O)OC(C)(C)C)C1CC1)C(F)F. The predicted molar refractivity (Wildman–Crippen MR) is 69.4 cm³/mol. The van der Waals surface area contributed by atoms with Gasteiger partial charge in [-0.15, -0.1) is 0 Å². The van der Waals surface area contributed by atoms with Crippen LogP contribution < -0.4 is 5.32 Å². The van der Waals surface area contributed by atoms with Crippen molar-refractivity contribution in [3.05, 3.63) is 0 Å². The third kappa shape index (κ3) is 6.18. The second kappa shape index (κ2) is 6.50. The second-order valence-electron chi connectivity index (χ2n) is 5.98. The molecule has 1 N–H and O–H groups in total. The molecule has 6 heteroatoms. The summed E-state index contributed by atoms with van der Waals surface area (Å²) in [4.78, 5) is 13.6. The van der Waals surface area contributed by atoms with E-state index in [4.69, 9.17) is 4.74 Å². The fraction of sp³-hybridized carbons (Fsp3) is 0.923. The van der Waals surface area contributed by atoms with E-state index in [1.807, 2.05) is 20.8 Å². The molecule has 1 aliphatic carbocycles. The molecule has 0 radical (unpaired) electrons. The van der Waals surface area contributed by atoms with Gasteiger partial charge in [-0.2, -0.15) is 0 Å². The molecule has 0 spiro atoms. The standard InChI is InChI=1S/C13H24F2N2O2/c1-9(11(14)15)16-7-8-17(10-5-6-10)12(18)19-13(2,3)4/h9-11,16H,5-8H2,1-4H3. The van der Waals surface area contributed by atoms with Crippen molar-refractivity contribution >= 4 is 6.09 Å². The molecule has 0 aromatic heterocycles. The fourth-order valence-electron chi connectivity index (χ4n) is 1.63. The van der Waals surface area contributed by atoms with E-state index in [-0.39, 0.29) is 12.1 Å². The highest BCUT2D eigenvalue weighted by atomic mass is 19.3. The zero-order valence-corrected chi connectivity index (χ0v) is 12.1. The summed E-state index contributed by atoms with van der Waals surface area (Å²) >= 11 is 0. The van der Waals surface area contributed by atoms with Gasteiger partial charge in [-0.05, 0) is 40.5 Å². The Labute approximate surface area is 113 Å². The van der Waals surface area contributed by atoms with Crippen LogP contribution in [0.25, 0.3) is 0 Å². The zero-order valence-electron chi connectivity index (χ0n) is 12.1. The summed E-state index contributed by atoms with van der Waals surface area (Å²) < 4.78 is 30.0. The van der Waals surface area contributed by atoms with E-state index >= 15 is 0 Å². The fourth-order valence-corrected chi connectivity index (χ4v) is 1.63. The van der Waals surface area contributed by atoms with Gasteiger partial charge in [0.15, 0.2) is 0 Å². The van der Waals surface area contributed by atoms with Crippen molar-refractivity contribution in [1.82, 2.24) is 10.2 Å². The van der Waals surface area contributed by atoms with E-state index < -0.39 is 18.1 Å². The lowest BCUT2D eigenvalue weighted by Crippen LogP contribution is -2.44. The molecule has 1 amide bonds. The van der Waals surface area contributed by atoms with Crippen molar-refractivity contribution in [2.24, 2.45) is 0 Å². The van der Waals surface area contributed by atoms with Gasteiger partial charge in [-0.25, -0.2) is 13.6 Å². The van der Waals surface area contributed by atoms with Gasteiger partial charge in [0.2, 0.25) is 0 Å². The highest BCUT2D eigenvalue weighted by molar-refractivity contribution is 5.69. The Morgan fingerprint density at radius 1 is 1.42 bits per heavy atom. The Hall–Kier alpha value is -0.910. The summed E-state index contributed by atoms with van der Waals surface area (Å²) in [5, 5.41) is 2.71. The van der Waals surface area contributed by atoms with E-state index in [0.29, 0.717) is 13.1 Å². The quantitative estimate of drug-likeness (QED) is 0.812. The molecule has 1 saturated carbocycles. The number of alkyl halides is 2. The topological polar surface area (TPSA) is 41.6 Å². The largest absolute Gasteiger partial charge is 0.444 e. The number of hydrogen-bond acceptors (Lipinski definition) is 3. The third-order valence-corrected chi connectivity index (χ3v) is 2.81. The van der Waals surface area contributed by atoms with Gasteiger partial charge in [-0.3, -0.25) is 0 Å². The van der Waals surface area contributed by atoms with Gasteiger partial charge in [0.1, 0.15) is 5.60 Å². The van der Waals surface area contributed by atoms with Crippen molar-refractivity contribution in [2.75, 3.05) is 13.1 Å². The molecule has 0 saturated heterocycles. The van der Waals surface area contributed by atoms with Crippen LogP contribution in [0.15, 0.2) is 0 Å².